The normalized spacial score (nSPS) is 15.1. The number of hydrogen-bond acceptors (Lipinski definition) is 7. The van der Waals surface area contributed by atoms with Crippen LogP contribution in [-0.2, 0) is 6.42 Å². The smallest absolute Gasteiger partial charge is 0.229 e. The number of anilines is 2. The van der Waals surface area contributed by atoms with Crippen LogP contribution < -0.4 is 11.1 Å². The van der Waals surface area contributed by atoms with Gasteiger partial charge in [-0.2, -0.15) is 4.98 Å². The highest BCUT2D eigenvalue weighted by Gasteiger charge is 2.27. The Kier molecular flexibility index (Phi) is 6.58. The molecule has 1 aliphatic heterocycles. The summed E-state index contributed by atoms with van der Waals surface area (Å²) in [6, 6.07) is 26.9. The van der Waals surface area contributed by atoms with Crippen molar-refractivity contribution in [2.24, 2.45) is 5.73 Å². The molecule has 1 saturated heterocycles. The molecule has 0 saturated carbocycles. The number of nitrogens with zero attached hydrogens (tertiary/aromatic N) is 4. The molecule has 5 aromatic rings. The molecule has 0 aliphatic carbocycles. The number of hydrogen-bond donors (Lipinski definition) is 3. The van der Waals surface area contributed by atoms with Crippen LogP contribution in [-0.4, -0.2) is 38.6 Å². The van der Waals surface area contributed by atoms with E-state index in [9.17, 15) is 0 Å². The van der Waals surface area contributed by atoms with Gasteiger partial charge in [-0.3, -0.25) is 5.41 Å². The van der Waals surface area contributed by atoms with Crippen LogP contribution in [0.3, 0.4) is 0 Å². The first kappa shape index (κ1) is 23.9. The fraction of sp³-hybridized carbons (Fsp3) is 0.172. The molecule has 6 rings (SSSR count). The van der Waals surface area contributed by atoms with Crippen LogP contribution in [0.25, 0.3) is 33.8 Å². The maximum Gasteiger partial charge on any atom is 0.229 e. The van der Waals surface area contributed by atoms with Gasteiger partial charge in [0.15, 0.2) is 11.1 Å². The quantitative estimate of drug-likeness (QED) is 0.173. The Labute approximate surface area is 224 Å². The summed E-state index contributed by atoms with van der Waals surface area (Å²) in [6.45, 7) is 0.802. The minimum Gasteiger partial charge on any atom is -0.370 e. The highest BCUT2D eigenvalue weighted by atomic mass is 32.1. The summed E-state index contributed by atoms with van der Waals surface area (Å²) >= 11 is 1.57. The van der Waals surface area contributed by atoms with E-state index in [1.807, 2.05) is 35.2 Å². The first-order valence-electron chi connectivity index (χ1n) is 12.5. The van der Waals surface area contributed by atoms with Crippen LogP contribution in [0.2, 0.25) is 0 Å². The SMILES string of the molecule is N=C(N)N1CCCC1Cc1nc(-c2ccc(Nc3nc(-c4ccc(-c5ccccc5)cc4)cs3)cc2)no1. The van der Waals surface area contributed by atoms with Crippen LogP contribution in [0.5, 0.6) is 0 Å². The zero-order valence-electron chi connectivity index (χ0n) is 20.7. The van der Waals surface area contributed by atoms with Crippen molar-refractivity contribution in [3.8, 4) is 33.8 Å². The summed E-state index contributed by atoms with van der Waals surface area (Å²) in [5, 5.41) is 18.2. The average Bonchev–Trinajstić information content (AvgIpc) is 3.72. The summed E-state index contributed by atoms with van der Waals surface area (Å²) in [7, 11) is 0. The monoisotopic (exact) mass is 521 g/mol. The van der Waals surface area contributed by atoms with E-state index in [0.29, 0.717) is 18.1 Å². The van der Waals surface area contributed by atoms with Crippen molar-refractivity contribution in [3.63, 3.8) is 0 Å². The summed E-state index contributed by atoms with van der Waals surface area (Å²) in [5.74, 6) is 1.21. The maximum atomic E-state index is 7.74. The molecule has 3 aromatic carbocycles. The fourth-order valence-corrected chi connectivity index (χ4v) is 5.52. The predicted molar refractivity (Wildman–Crippen MR) is 151 cm³/mol. The van der Waals surface area contributed by atoms with Crippen molar-refractivity contribution in [2.75, 3.05) is 11.9 Å². The van der Waals surface area contributed by atoms with Crippen LogP contribution in [0, 0.1) is 5.41 Å². The molecule has 0 amide bonds. The van der Waals surface area contributed by atoms with E-state index in [1.165, 1.54) is 11.1 Å². The summed E-state index contributed by atoms with van der Waals surface area (Å²) in [4.78, 5) is 11.2. The van der Waals surface area contributed by atoms with Crippen molar-refractivity contribution in [3.05, 3.63) is 90.1 Å². The van der Waals surface area contributed by atoms with Gasteiger partial charge in [0.1, 0.15) is 0 Å². The predicted octanol–water partition coefficient (Wildman–Crippen LogP) is 6.17. The summed E-state index contributed by atoms with van der Waals surface area (Å²) in [6.07, 6.45) is 2.57. The van der Waals surface area contributed by atoms with E-state index < -0.39 is 0 Å². The van der Waals surface area contributed by atoms with Crippen LogP contribution in [0.4, 0.5) is 10.8 Å². The van der Waals surface area contributed by atoms with E-state index in [1.54, 1.807) is 11.3 Å². The van der Waals surface area contributed by atoms with Crippen molar-refractivity contribution < 1.29 is 4.52 Å². The number of nitrogens with one attached hydrogen (secondary N) is 2. The summed E-state index contributed by atoms with van der Waals surface area (Å²) in [5.41, 5.74) is 11.9. The van der Waals surface area contributed by atoms with Gasteiger partial charge in [0.25, 0.3) is 0 Å². The number of likely N-dealkylation sites (tertiary alicyclic amines) is 1. The lowest BCUT2D eigenvalue weighted by atomic mass is 10.0. The second kappa shape index (κ2) is 10.5. The highest BCUT2D eigenvalue weighted by Crippen LogP contribution is 2.30. The molecule has 1 fully saturated rings. The van der Waals surface area contributed by atoms with Crippen LogP contribution in [0.15, 0.2) is 88.8 Å². The molecular weight excluding hydrogens is 494 g/mol. The molecule has 1 unspecified atom stereocenters. The van der Waals surface area contributed by atoms with E-state index in [-0.39, 0.29) is 12.0 Å². The molecule has 2 aromatic heterocycles. The summed E-state index contributed by atoms with van der Waals surface area (Å²) < 4.78 is 5.49. The first-order chi connectivity index (χ1) is 18.6. The Morgan fingerprint density at radius 3 is 2.42 bits per heavy atom. The molecular formula is C29H27N7OS. The van der Waals surface area contributed by atoms with Gasteiger partial charge < -0.3 is 20.5 Å². The topological polar surface area (TPSA) is 117 Å². The minimum atomic E-state index is 0.101. The van der Waals surface area contributed by atoms with Gasteiger partial charge in [-0.05, 0) is 48.2 Å². The van der Waals surface area contributed by atoms with Crippen molar-refractivity contribution >= 4 is 28.1 Å². The lowest BCUT2D eigenvalue weighted by Gasteiger charge is -2.23. The molecule has 190 valence electrons. The van der Waals surface area contributed by atoms with Crippen LogP contribution >= 0.6 is 11.3 Å². The Morgan fingerprint density at radius 1 is 0.947 bits per heavy atom. The Balaban J connectivity index is 1.09. The molecule has 0 bridgehead atoms. The second-order valence-corrected chi connectivity index (χ2v) is 10.1. The minimum absolute atomic E-state index is 0.101. The molecule has 3 heterocycles. The average molecular weight is 522 g/mol. The van der Waals surface area contributed by atoms with Gasteiger partial charge in [-0.1, -0.05) is 59.8 Å². The number of benzene rings is 3. The zero-order chi connectivity index (χ0) is 25.9. The van der Waals surface area contributed by atoms with Crippen molar-refractivity contribution in [2.45, 2.75) is 25.3 Å². The zero-order valence-corrected chi connectivity index (χ0v) is 21.5. The Morgan fingerprint density at radius 2 is 1.66 bits per heavy atom. The van der Waals surface area contributed by atoms with Gasteiger partial charge in [0, 0.05) is 41.2 Å². The van der Waals surface area contributed by atoms with Crippen molar-refractivity contribution in [1.82, 2.24) is 20.0 Å². The maximum absolute atomic E-state index is 7.74. The van der Waals surface area contributed by atoms with E-state index in [0.717, 1.165) is 47.0 Å². The lowest BCUT2D eigenvalue weighted by molar-refractivity contribution is 0.320. The third-order valence-corrected chi connectivity index (χ3v) is 7.51. The van der Waals surface area contributed by atoms with Gasteiger partial charge >= 0.3 is 0 Å². The van der Waals surface area contributed by atoms with E-state index in [2.05, 4.69) is 69.4 Å². The molecule has 9 heteroatoms. The standard InChI is InChI=1S/C29H27N7OS/c30-28(31)36-16-4-7-24(36)17-26-34-27(35-37-26)22-12-14-23(15-13-22)32-29-33-25(18-38-29)21-10-8-20(9-11-21)19-5-2-1-3-6-19/h1-3,5-6,8-15,18,24H,4,7,16-17H2,(H3,30,31)(H,32,33). The number of aromatic nitrogens is 3. The molecule has 0 radical (unpaired) electrons. The number of nitrogens with two attached hydrogens (primary N) is 1. The Bertz CT molecular complexity index is 1530. The largest absolute Gasteiger partial charge is 0.370 e. The van der Waals surface area contributed by atoms with E-state index in [4.69, 9.17) is 20.7 Å². The fourth-order valence-electron chi connectivity index (χ4n) is 4.78. The molecule has 8 nitrogen and oxygen atoms in total. The molecule has 4 N–H and O–H groups in total. The third-order valence-electron chi connectivity index (χ3n) is 6.75. The van der Waals surface area contributed by atoms with Gasteiger partial charge in [0.05, 0.1) is 5.69 Å². The third kappa shape index (κ3) is 5.14. The highest BCUT2D eigenvalue weighted by molar-refractivity contribution is 7.14. The van der Waals surface area contributed by atoms with E-state index >= 15 is 0 Å². The van der Waals surface area contributed by atoms with Crippen LogP contribution in [0.1, 0.15) is 18.7 Å². The number of thiazole rings is 1. The molecule has 0 spiro atoms. The lowest BCUT2D eigenvalue weighted by Crippen LogP contribution is -2.41. The number of rotatable bonds is 7. The first-order valence-corrected chi connectivity index (χ1v) is 13.4. The second-order valence-electron chi connectivity index (χ2n) is 9.27. The van der Waals surface area contributed by atoms with Gasteiger partial charge in [-0.25, -0.2) is 4.98 Å². The molecule has 38 heavy (non-hydrogen) atoms. The number of guanidine groups is 1. The molecule has 1 atom stereocenters. The van der Waals surface area contributed by atoms with Gasteiger partial charge in [0.2, 0.25) is 11.7 Å². The Hall–Kier alpha value is -4.50. The molecule has 1 aliphatic rings. The van der Waals surface area contributed by atoms with Crippen molar-refractivity contribution in [1.29, 1.82) is 5.41 Å². The van der Waals surface area contributed by atoms with Gasteiger partial charge in [-0.15, -0.1) is 11.3 Å².